The molecule has 1 aliphatic heterocycles. The number of aromatic nitrogens is 5. The third kappa shape index (κ3) is 4.51. The lowest BCUT2D eigenvalue weighted by molar-refractivity contribution is 0.0755. The van der Waals surface area contributed by atoms with Crippen molar-refractivity contribution in [3.05, 3.63) is 59.4 Å². The van der Waals surface area contributed by atoms with E-state index in [2.05, 4.69) is 20.3 Å². The average molecular weight is 397 g/mol. The standard InChI is InChI=1S/C20H24FN7O/c1-15-8-17(21)10-18(9-15)28-14-19(23-24-28)20(29)27-5-3-4-26(6-7-27)13-16-11-22-25(2)12-16/h8-12,14H,3-7,13H2,1-2H3. The summed E-state index contributed by atoms with van der Waals surface area (Å²) in [5.74, 6) is -0.489. The summed E-state index contributed by atoms with van der Waals surface area (Å²) in [7, 11) is 1.91. The fourth-order valence-corrected chi connectivity index (χ4v) is 3.64. The van der Waals surface area contributed by atoms with Crippen molar-refractivity contribution in [3.63, 3.8) is 0 Å². The highest BCUT2D eigenvalue weighted by molar-refractivity contribution is 5.92. The highest BCUT2D eigenvalue weighted by Gasteiger charge is 2.23. The molecule has 4 rings (SSSR count). The van der Waals surface area contributed by atoms with Gasteiger partial charge in [0.15, 0.2) is 5.69 Å². The normalized spacial score (nSPS) is 15.5. The van der Waals surface area contributed by atoms with Gasteiger partial charge in [-0.25, -0.2) is 9.07 Å². The molecule has 0 saturated carbocycles. The van der Waals surface area contributed by atoms with E-state index in [0.29, 0.717) is 18.8 Å². The maximum Gasteiger partial charge on any atom is 0.276 e. The third-order valence-corrected chi connectivity index (χ3v) is 5.04. The number of benzene rings is 1. The summed E-state index contributed by atoms with van der Waals surface area (Å²) < 4.78 is 16.9. The van der Waals surface area contributed by atoms with Gasteiger partial charge in [0.1, 0.15) is 5.82 Å². The Kier molecular flexibility index (Phi) is 5.39. The van der Waals surface area contributed by atoms with Crippen molar-refractivity contribution in [3.8, 4) is 5.69 Å². The lowest BCUT2D eigenvalue weighted by atomic mass is 10.2. The zero-order valence-electron chi connectivity index (χ0n) is 16.6. The van der Waals surface area contributed by atoms with Crippen LogP contribution < -0.4 is 0 Å². The van der Waals surface area contributed by atoms with Crippen LogP contribution in [-0.4, -0.2) is 66.7 Å². The van der Waals surface area contributed by atoms with Crippen molar-refractivity contribution in [2.75, 3.05) is 26.2 Å². The number of hydrogen-bond donors (Lipinski definition) is 0. The van der Waals surface area contributed by atoms with Gasteiger partial charge >= 0.3 is 0 Å². The molecule has 3 aromatic rings. The number of amides is 1. The highest BCUT2D eigenvalue weighted by Crippen LogP contribution is 2.14. The van der Waals surface area contributed by atoms with Crippen LogP contribution in [-0.2, 0) is 13.6 Å². The van der Waals surface area contributed by atoms with Crippen LogP contribution in [0.2, 0.25) is 0 Å². The molecule has 8 nitrogen and oxygen atoms in total. The topological polar surface area (TPSA) is 72.1 Å². The van der Waals surface area contributed by atoms with Gasteiger partial charge in [-0.05, 0) is 37.1 Å². The van der Waals surface area contributed by atoms with Crippen LogP contribution >= 0.6 is 0 Å². The van der Waals surface area contributed by atoms with Gasteiger partial charge in [0.2, 0.25) is 0 Å². The van der Waals surface area contributed by atoms with Gasteiger partial charge in [-0.15, -0.1) is 5.10 Å². The van der Waals surface area contributed by atoms with E-state index in [-0.39, 0.29) is 17.4 Å². The molecule has 0 atom stereocenters. The molecular weight excluding hydrogens is 373 g/mol. The molecule has 0 radical (unpaired) electrons. The maximum absolute atomic E-state index is 13.7. The quantitative estimate of drug-likeness (QED) is 0.671. The molecule has 9 heteroatoms. The lowest BCUT2D eigenvalue weighted by Crippen LogP contribution is -2.35. The Morgan fingerprint density at radius 3 is 2.76 bits per heavy atom. The smallest absolute Gasteiger partial charge is 0.276 e. The minimum Gasteiger partial charge on any atom is -0.336 e. The van der Waals surface area contributed by atoms with Crippen LogP contribution in [0.1, 0.15) is 28.0 Å². The Morgan fingerprint density at radius 1 is 1.14 bits per heavy atom. The first-order chi connectivity index (χ1) is 14.0. The Morgan fingerprint density at radius 2 is 2.00 bits per heavy atom. The third-order valence-electron chi connectivity index (χ3n) is 5.04. The second-order valence-corrected chi connectivity index (χ2v) is 7.48. The number of halogens is 1. The Balaban J connectivity index is 1.41. The molecule has 0 spiro atoms. The largest absolute Gasteiger partial charge is 0.336 e. The first-order valence-corrected chi connectivity index (χ1v) is 9.67. The summed E-state index contributed by atoms with van der Waals surface area (Å²) in [6.45, 7) is 5.65. The molecule has 1 saturated heterocycles. The molecule has 1 fully saturated rings. The van der Waals surface area contributed by atoms with Crippen molar-refractivity contribution < 1.29 is 9.18 Å². The van der Waals surface area contributed by atoms with E-state index in [4.69, 9.17) is 0 Å². The molecule has 152 valence electrons. The van der Waals surface area contributed by atoms with Gasteiger partial charge in [0.25, 0.3) is 5.91 Å². The van der Waals surface area contributed by atoms with Gasteiger partial charge in [0, 0.05) is 51.5 Å². The zero-order chi connectivity index (χ0) is 20.4. The molecule has 1 aromatic carbocycles. The highest BCUT2D eigenvalue weighted by atomic mass is 19.1. The Hall–Kier alpha value is -3.07. The predicted octanol–water partition coefficient (Wildman–Crippen LogP) is 1.80. The molecular formula is C20H24FN7O. The van der Waals surface area contributed by atoms with Crippen molar-refractivity contribution in [1.29, 1.82) is 0 Å². The van der Waals surface area contributed by atoms with Crippen LogP contribution in [0.3, 0.4) is 0 Å². The number of aryl methyl sites for hydroxylation is 2. The van der Waals surface area contributed by atoms with Gasteiger partial charge < -0.3 is 4.90 Å². The first kappa shape index (κ1) is 19.3. The van der Waals surface area contributed by atoms with E-state index in [1.807, 2.05) is 31.3 Å². The van der Waals surface area contributed by atoms with Crippen molar-refractivity contribution in [1.82, 2.24) is 34.6 Å². The average Bonchev–Trinajstić information content (AvgIpc) is 3.25. The van der Waals surface area contributed by atoms with E-state index in [1.54, 1.807) is 16.9 Å². The van der Waals surface area contributed by atoms with E-state index < -0.39 is 0 Å². The van der Waals surface area contributed by atoms with Gasteiger partial charge in [-0.3, -0.25) is 14.4 Å². The van der Waals surface area contributed by atoms with Crippen molar-refractivity contribution in [2.24, 2.45) is 7.05 Å². The Labute approximate surface area is 168 Å². The summed E-state index contributed by atoms with van der Waals surface area (Å²) in [6.07, 6.45) is 6.35. The number of nitrogens with zero attached hydrogens (tertiary/aromatic N) is 7. The fourth-order valence-electron chi connectivity index (χ4n) is 3.64. The van der Waals surface area contributed by atoms with E-state index in [0.717, 1.165) is 31.6 Å². The maximum atomic E-state index is 13.7. The second kappa shape index (κ2) is 8.12. The summed E-state index contributed by atoms with van der Waals surface area (Å²) in [6, 6.07) is 4.62. The lowest BCUT2D eigenvalue weighted by Gasteiger charge is -2.20. The Bertz CT molecular complexity index is 992. The number of carbonyl (C=O) groups is 1. The van der Waals surface area contributed by atoms with Crippen LogP contribution in [0, 0.1) is 12.7 Å². The van der Waals surface area contributed by atoms with E-state index in [9.17, 15) is 9.18 Å². The van der Waals surface area contributed by atoms with Crippen molar-refractivity contribution >= 4 is 5.91 Å². The molecule has 1 amide bonds. The monoisotopic (exact) mass is 397 g/mol. The summed E-state index contributed by atoms with van der Waals surface area (Å²) >= 11 is 0. The number of hydrogen-bond acceptors (Lipinski definition) is 5. The fraction of sp³-hybridized carbons (Fsp3) is 0.400. The molecule has 1 aliphatic rings. The molecule has 0 aliphatic carbocycles. The number of carbonyl (C=O) groups excluding carboxylic acids is 1. The van der Waals surface area contributed by atoms with Gasteiger partial charge in [0.05, 0.1) is 18.1 Å². The van der Waals surface area contributed by atoms with Crippen LogP contribution in [0.5, 0.6) is 0 Å². The number of rotatable bonds is 4. The summed E-state index contributed by atoms with van der Waals surface area (Å²) in [5.41, 5.74) is 2.77. The van der Waals surface area contributed by atoms with Crippen LogP contribution in [0.4, 0.5) is 4.39 Å². The predicted molar refractivity (Wildman–Crippen MR) is 105 cm³/mol. The molecule has 0 unspecified atom stereocenters. The minimum atomic E-state index is -0.343. The SMILES string of the molecule is Cc1cc(F)cc(-n2cc(C(=O)N3CCCN(Cc4cnn(C)c4)CC3)nn2)c1. The van der Waals surface area contributed by atoms with Crippen molar-refractivity contribution in [2.45, 2.75) is 19.9 Å². The molecule has 0 bridgehead atoms. The summed E-state index contributed by atoms with van der Waals surface area (Å²) in [5, 5.41) is 12.2. The van der Waals surface area contributed by atoms with Gasteiger partial charge in [-0.2, -0.15) is 5.10 Å². The van der Waals surface area contributed by atoms with Crippen LogP contribution in [0.25, 0.3) is 5.69 Å². The zero-order valence-corrected chi connectivity index (χ0v) is 16.6. The molecule has 29 heavy (non-hydrogen) atoms. The van der Waals surface area contributed by atoms with E-state index in [1.165, 1.54) is 22.4 Å². The summed E-state index contributed by atoms with van der Waals surface area (Å²) in [4.78, 5) is 17.0. The molecule has 3 heterocycles. The first-order valence-electron chi connectivity index (χ1n) is 9.67. The second-order valence-electron chi connectivity index (χ2n) is 7.48. The van der Waals surface area contributed by atoms with E-state index >= 15 is 0 Å². The minimum absolute atomic E-state index is 0.146. The van der Waals surface area contributed by atoms with Crippen LogP contribution in [0.15, 0.2) is 36.8 Å². The van der Waals surface area contributed by atoms with Gasteiger partial charge in [-0.1, -0.05) is 5.21 Å². The molecule has 0 N–H and O–H groups in total. The molecule has 2 aromatic heterocycles.